The first-order chi connectivity index (χ1) is 9.22. The third-order valence-corrected chi connectivity index (χ3v) is 3.95. The molecule has 0 bridgehead atoms. The summed E-state index contributed by atoms with van der Waals surface area (Å²) in [5.41, 5.74) is 1.06. The van der Waals surface area contributed by atoms with Crippen LogP contribution in [0.25, 0.3) is 0 Å². The summed E-state index contributed by atoms with van der Waals surface area (Å²) in [6, 6.07) is 4.09. The van der Waals surface area contributed by atoms with E-state index >= 15 is 0 Å². The lowest BCUT2D eigenvalue weighted by Gasteiger charge is -2.35. The van der Waals surface area contributed by atoms with Gasteiger partial charge in [-0.3, -0.25) is 4.90 Å². The van der Waals surface area contributed by atoms with Crippen LogP contribution in [0.15, 0.2) is 24.8 Å². The number of halogens is 2. The van der Waals surface area contributed by atoms with Crippen LogP contribution in [0.3, 0.4) is 0 Å². The van der Waals surface area contributed by atoms with Crippen molar-refractivity contribution in [3.63, 3.8) is 0 Å². The monoisotopic (exact) mass is 299 g/mol. The van der Waals surface area contributed by atoms with Gasteiger partial charge in [-0.2, -0.15) is 0 Å². The van der Waals surface area contributed by atoms with E-state index in [1.807, 2.05) is 18.2 Å². The van der Waals surface area contributed by atoms with E-state index < -0.39 is 0 Å². The molecule has 0 amide bonds. The summed E-state index contributed by atoms with van der Waals surface area (Å²) in [4.78, 5) is 6.62. The van der Waals surface area contributed by atoms with Crippen molar-refractivity contribution in [3.05, 3.63) is 40.7 Å². The summed E-state index contributed by atoms with van der Waals surface area (Å²) in [5.74, 6) is 0. The maximum atomic E-state index is 6.26. The summed E-state index contributed by atoms with van der Waals surface area (Å²) in [6.45, 7) is 7.90. The Balaban J connectivity index is 2.22. The van der Waals surface area contributed by atoms with Crippen LogP contribution in [-0.2, 0) is 0 Å². The molecule has 5 heteroatoms. The molecule has 0 saturated carbocycles. The van der Waals surface area contributed by atoms with Crippen molar-refractivity contribution in [1.29, 1.82) is 0 Å². The number of rotatable bonds is 5. The van der Waals surface area contributed by atoms with E-state index in [0.29, 0.717) is 10.3 Å². The number of hydrogen-bond donors (Lipinski definition) is 1. The zero-order chi connectivity index (χ0) is 13.7. The molecule has 2 heterocycles. The summed E-state index contributed by atoms with van der Waals surface area (Å²) in [5, 5.41) is 4.32. The van der Waals surface area contributed by atoms with Gasteiger partial charge in [0.15, 0.2) is 0 Å². The highest BCUT2D eigenvalue weighted by molar-refractivity contribution is 6.32. The lowest BCUT2D eigenvalue weighted by molar-refractivity contribution is 0.166. The highest BCUT2D eigenvalue weighted by Crippen LogP contribution is 2.31. The Labute approximate surface area is 124 Å². The van der Waals surface area contributed by atoms with E-state index in [4.69, 9.17) is 23.2 Å². The van der Waals surface area contributed by atoms with Gasteiger partial charge >= 0.3 is 0 Å². The van der Waals surface area contributed by atoms with Crippen LogP contribution < -0.4 is 5.32 Å². The van der Waals surface area contributed by atoms with Crippen LogP contribution >= 0.6 is 23.2 Å². The quantitative estimate of drug-likeness (QED) is 0.668. The molecular formula is C14H19Cl2N3. The fourth-order valence-electron chi connectivity index (χ4n) is 2.48. The molecule has 2 rings (SSSR count). The molecule has 0 unspecified atom stereocenters. The first-order valence-electron chi connectivity index (χ1n) is 6.60. The molecule has 19 heavy (non-hydrogen) atoms. The van der Waals surface area contributed by atoms with Crippen molar-refractivity contribution >= 4 is 23.2 Å². The average molecular weight is 300 g/mol. The van der Waals surface area contributed by atoms with Crippen LogP contribution in [0.5, 0.6) is 0 Å². The molecular weight excluding hydrogens is 281 g/mol. The lowest BCUT2D eigenvalue weighted by Crippen LogP contribution is -2.45. The summed E-state index contributed by atoms with van der Waals surface area (Å²) in [6.07, 6.45) is 3.92. The Hall–Kier alpha value is -0.610. The average Bonchev–Trinajstić information content (AvgIpc) is 2.42. The second-order valence-electron chi connectivity index (χ2n) is 4.68. The van der Waals surface area contributed by atoms with Gasteiger partial charge in [0.1, 0.15) is 10.3 Å². The molecule has 0 spiro atoms. The molecule has 0 aromatic carbocycles. The predicted octanol–water partition coefficient (Wildman–Crippen LogP) is 3.30. The van der Waals surface area contributed by atoms with Crippen molar-refractivity contribution in [2.45, 2.75) is 18.9 Å². The van der Waals surface area contributed by atoms with E-state index in [0.717, 1.165) is 44.6 Å². The van der Waals surface area contributed by atoms with Gasteiger partial charge in [-0.1, -0.05) is 35.3 Å². The first-order valence-corrected chi connectivity index (χ1v) is 7.35. The molecule has 1 aromatic rings. The van der Waals surface area contributed by atoms with E-state index in [1.165, 1.54) is 0 Å². The van der Waals surface area contributed by atoms with Gasteiger partial charge in [-0.05, 0) is 18.9 Å². The molecule has 104 valence electrons. The minimum absolute atomic E-state index is 0.289. The number of piperazine rings is 1. The number of nitrogens with zero attached hydrogens (tertiary/aromatic N) is 2. The first kappa shape index (κ1) is 14.8. The van der Waals surface area contributed by atoms with Crippen LogP contribution in [0, 0.1) is 0 Å². The van der Waals surface area contributed by atoms with Crippen molar-refractivity contribution in [2.24, 2.45) is 0 Å². The molecule has 1 aliphatic rings. The maximum Gasteiger partial charge on any atom is 0.135 e. The Morgan fingerprint density at radius 2 is 2.11 bits per heavy atom. The number of aromatic nitrogens is 1. The van der Waals surface area contributed by atoms with Crippen LogP contribution in [0.1, 0.15) is 24.4 Å². The zero-order valence-corrected chi connectivity index (χ0v) is 12.4. The van der Waals surface area contributed by atoms with E-state index in [9.17, 15) is 0 Å². The Morgan fingerprint density at radius 1 is 1.37 bits per heavy atom. The lowest BCUT2D eigenvalue weighted by atomic mass is 10.0. The zero-order valence-electron chi connectivity index (χ0n) is 10.9. The Bertz CT molecular complexity index is 431. The SMILES string of the molecule is C=CCC[C@H](c1ccc(Cl)nc1Cl)N1CCNCC1. The minimum Gasteiger partial charge on any atom is -0.314 e. The second-order valence-corrected chi connectivity index (χ2v) is 5.43. The third kappa shape index (κ3) is 3.93. The van der Waals surface area contributed by atoms with Gasteiger partial charge in [-0.15, -0.1) is 6.58 Å². The molecule has 1 atom stereocenters. The van der Waals surface area contributed by atoms with E-state index in [1.54, 1.807) is 0 Å². The third-order valence-electron chi connectivity index (χ3n) is 3.44. The van der Waals surface area contributed by atoms with Crippen molar-refractivity contribution in [1.82, 2.24) is 15.2 Å². The summed E-state index contributed by atoms with van der Waals surface area (Å²) < 4.78 is 0. The fourth-order valence-corrected chi connectivity index (χ4v) is 2.95. The predicted molar refractivity (Wildman–Crippen MR) is 80.9 cm³/mol. The topological polar surface area (TPSA) is 28.2 Å². The minimum atomic E-state index is 0.289. The number of nitrogens with one attached hydrogen (secondary N) is 1. The highest BCUT2D eigenvalue weighted by atomic mass is 35.5. The van der Waals surface area contributed by atoms with Gasteiger partial charge in [0.05, 0.1) is 0 Å². The van der Waals surface area contributed by atoms with Crippen LogP contribution in [-0.4, -0.2) is 36.1 Å². The summed E-state index contributed by atoms with van der Waals surface area (Å²) >= 11 is 12.1. The van der Waals surface area contributed by atoms with Gasteiger partial charge in [0, 0.05) is 37.8 Å². The smallest absolute Gasteiger partial charge is 0.135 e. The number of allylic oxidation sites excluding steroid dienone is 1. The van der Waals surface area contributed by atoms with Gasteiger partial charge in [-0.25, -0.2) is 4.98 Å². The molecule has 1 aromatic heterocycles. The van der Waals surface area contributed by atoms with E-state index in [2.05, 4.69) is 21.8 Å². The maximum absolute atomic E-state index is 6.26. The molecule has 1 fully saturated rings. The van der Waals surface area contributed by atoms with Crippen molar-refractivity contribution in [2.75, 3.05) is 26.2 Å². The van der Waals surface area contributed by atoms with E-state index in [-0.39, 0.29) is 6.04 Å². The van der Waals surface area contributed by atoms with Crippen LogP contribution in [0.4, 0.5) is 0 Å². The van der Waals surface area contributed by atoms with Gasteiger partial charge in [0.2, 0.25) is 0 Å². The normalized spacial score (nSPS) is 18.2. The van der Waals surface area contributed by atoms with Gasteiger partial charge < -0.3 is 5.32 Å². The summed E-state index contributed by atoms with van der Waals surface area (Å²) in [7, 11) is 0. The molecule has 0 aliphatic carbocycles. The number of hydrogen-bond acceptors (Lipinski definition) is 3. The molecule has 1 aliphatic heterocycles. The second kappa shape index (κ2) is 7.25. The molecule has 0 radical (unpaired) electrons. The standard InChI is InChI=1S/C14H19Cl2N3/c1-2-3-4-12(19-9-7-17-8-10-19)11-5-6-13(15)18-14(11)16/h2,5-6,12,17H,1,3-4,7-10H2/t12-/m1/s1. The van der Waals surface area contributed by atoms with Crippen LogP contribution in [0.2, 0.25) is 10.3 Å². The fraction of sp³-hybridized carbons (Fsp3) is 0.500. The van der Waals surface area contributed by atoms with Crippen molar-refractivity contribution in [3.8, 4) is 0 Å². The highest BCUT2D eigenvalue weighted by Gasteiger charge is 2.23. The molecule has 3 nitrogen and oxygen atoms in total. The number of pyridine rings is 1. The Kier molecular flexibility index (Phi) is 5.64. The largest absolute Gasteiger partial charge is 0.314 e. The Morgan fingerprint density at radius 3 is 2.74 bits per heavy atom. The van der Waals surface area contributed by atoms with Crippen molar-refractivity contribution < 1.29 is 0 Å². The molecule has 1 saturated heterocycles. The van der Waals surface area contributed by atoms with Gasteiger partial charge in [0.25, 0.3) is 0 Å². The molecule has 1 N–H and O–H groups in total.